The Morgan fingerprint density at radius 1 is 1.19 bits per heavy atom. The molecule has 36 heavy (non-hydrogen) atoms. The van der Waals surface area contributed by atoms with Crippen molar-refractivity contribution in [3.05, 3.63) is 60.3 Å². The van der Waals surface area contributed by atoms with Crippen molar-refractivity contribution in [3.8, 4) is 34.1 Å². The number of nitrogens with zero attached hydrogens (tertiary/aromatic N) is 6. The minimum absolute atomic E-state index is 0.0780. The number of hydrogen-bond acceptors (Lipinski definition) is 9. The summed E-state index contributed by atoms with van der Waals surface area (Å²) < 4.78 is 6.95. The van der Waals surface area contributed by atoms with Crippen LogP contribution in [0.5, 0.6) is 11.6 Å². The third kappa shape index (κ3) is 4.70. The zero-order valence-electron chi connectivity index (χ0n) is 19.5. The summed E-state index contributed by atoms with van der Waals surface area (Å²) in [6.07, 6.45) is 1.66. The highest BCUT2D eigenvalue weighted by molar-refractivity contribution is 7.99. The van der Waals surface area contributed by atoms with Crippen molar-refractivity contribution in [1.82, 2.24) is 40.5 Å². The van der Waals surface area contributed by atoms with Crippen molar-refractivity contribution in [3.63, 3.8) is 0 Å². The molecule has 0 saturated carbocycles. The summed E-state index contributed by atoms with van der Waals surface area (Å²) in [7, 11) is 3.33. The predicted molar refractivity (Wildman–Crippen MR) is 135 cm³/mol. The highest BCUT2D eigenvalue weighted by Gasteiger charge is 2.15. The topological polar surface area (TPSA) is 144 Å². The Bertz CT molecular complexity index is 1550. The fourth-order valence-corrected chi connectivity index (χ4v) is 4.40. The van der Waals surface area contributed by atoms with Crippen LogP contribution in [-0.2, 0) is 7.05 Å². The summed E-state index contributed by atoms with van der Waals surface area (Å²) >= 11 is 1.46. The molecule has 12 heteroatoms. The van der Waals surface area contributed by atoms with Crippen LogP contribution in [0.2, 0.25) is 0 Å². The molecule has 0 atom stereocenters. The summed E-state index contributed by atoms with van der Waals surface area (Å²) in [6, 6.07) is 14.2. The molecule has 3 N–H and O–H groups in total. The van der Waals surface area contributed by atoms with Crippen LogP contribution < -0.4 is 10.1 Å². The minimum Gasteiger partial charge on any atom is -0.507 e. The summed E-state index contributed by atoms with van der Waals surface area (Å²) in [6.45, 7) is 0.457. The maximum Gasteiger partial charge on any atom is 0.251 e. The molecule has 0 aliphatic rings. The normalized spacial score (nSPS) is 11.1. The van der Waals surface area contributed by atoms with E-state index >= 15 is 0 Å². The molecular weight excluding hydrogens is 480 g/mol. The van der Waals surface area contributed by atoms with E-state index in [0.29, 0.717) is 45.8 Å². The van der Waals surface area contributed by atoms with Crippen LogP contribution in [0, 0.1) is 0 Å². The number of pyridine rings is 1. The molecule has 3 aromatic heterocycles. The number of carbonyl (C=O) groups is 1. The summed E-state index contributed by atoms with van der Waals surface area (Å²) in [5.74, 6) is 1.48. The van der Waals surface area contributed by atoms with Crippen LogP contribution >= 0.6 is 11.8 Å². The monoisotopic (exact) mass is 502 g/mol. The van der Waals surface area contributed by atoms with Gasteiger partial charge in [0.2, 0.25) is 11.0 Å². The lowest BCUT2D eigenvalue weighted by Gasteiger charge is -2.09. The number of imidazole rings is 1. The third-order valence-electron chi connectivity index (χ3n) is 5.47. The third-order valence-corrected chi connectivity index (χ3v) is 6.48. The molecule has 0 spiro atoms. The molecule has 0 aliphatic carbocycles. The van der Waals surface area contributed by atoms with Crippen LogP contribution in [0.3, 0.4) is 0 Å². The Balaban J connectivity index is 1.34. The fraction of sp³-hybridized carbons (Fsp3) is 0.167. The lowest BCUT2D eigenvalue weighted by atomic mass is 10.0. The number of nitrogens with one attached hydrogen (secondary N) is 2. The number of phenols is 1. The van der Waals surface area contributed by atoms with Crippen LogP contribution in [0.4, 0.5) is 0 Å². The lowest BCUT2D eigenvalue weighted by molar-refractivity contribution is 0.0956. The van der Waals surface area contributed by atoms with Crippen molar-refractivity contribution >= 4 is 28.7 Å². The second-order valence-electron chi connectivity index (χ2n) is 7.80. The van der Waals surface area contributed by atoms with Gasteiger partial charge in [-0.15, -0.1) is 5.10 Å². The Morgan fingerprint density at radius 3 is 2.89 bits per heavy atom. The standard InChI is InChI=1S/C24H22N8O3S/c1-32-24(29-30-31-32)36-11-10-25-22(34)15-5-7-18-19(13-15)28-21(27-18)17-12-14(6-8-20(17)33)16-4-3-9-26-23(16)35-2/h3-9,12-13,33H,10-11H2,1-2H3,(H,25,34)(H,27,28). The van der Waals surface area contributed by atoms with Gasteiger partial charge in [0.15, 0.2) is 0 Å². The lowest BCUT2D eigenvalue weighted by Crippen LogP contribution is -2.25. The predicted octanol–water partition coefficient (Wildman–Crippen LogP) is 3.05. The van der Waals surface area contributed by atoms with Crippen LogP contribution in [-0.4, -0.2) is 65.6 Å². The summed E-state index contributed by atoms with van der Waals surface area (Å²) in [4.78, 5) is 24.8. The van der Waals surface area contributed by atoms with Gasteiger partial charge in [0.05, 0.1) is 23.7 Å². The Hall–Kier alpha value is -4.45. The first-order valence-corrected chi connectivity index (χ1v) is 12.0. The van der Waals surface area contributed by atoms with E-state index in [2.05, 4.69) is 35.8 Å². The molecular formula is C24H22N8O3S. The molecule has 2 aromatic carbocycles. The molecule has 0 saturated heterocycles. The van der Waals surface area contributed by atoms with Gasteiger partial charge in [-0.25, -0.2) is 14.6 Å². The Morgan fingerprint density at radius 2 is 2.08 bits per heavy atom. The SMILES string of the molecule is COc1ncccc1-c1ccc(O)c(-c2nc3cc(C(=O)NCCSc4nnnn4C)ccc3[nH]2)c1. The first-order valence-electron chi connectivity index (χ1n) is 11.0. The van der Waals surface area contributed by atoms with E-state index in [4.69, 9.17) is 4.74 Å². The smallest absolute Gasteiger partial charge is 0.251 e. The molecule has 0 fully saturated rings. The number of benzene rings is 2. The van der Waals surface area contributed by atoms with Gasteiger partial charge < -0.3 is 20.1 Å². The van der Waals surface area contributed by atoms with Gasteiger partial charge in [-0.2, -0.15) is 0 Å². The van der Waals surface area contributed by atoms with Gasteiger partial charge in [0.1, 0.15) is 11.6 Å². The molecule has 5 aromatic rings. The van der Waals surface area contributed by atoms with Crippen molar-refractivity contribution < 1.29 is 14.6 Å². The number of H-pyrrole nitrogens is 1. The zero-order valence-corrected chi connectivity index (χ0v) is 20.3. The van der Waals surface area contributed by atoms with Crippen LogP contribution in [0.15, 0.2) is 59.9 Å². The van der Waals surface area contributed by atoms with Crippen LogP contribution in [0.1, 0.15) is 10.4 Å². The molecule has 1 amide bonds. The van der Waals surface area contributed by atoms with E-state index in [1.807, 2.05) is 18.2 Å². The van der Waals surface area contributed by atoms with Gasteiger partial charge in [-0.3, -0.25) is 4.79 Å². The van der Waals surface area contributed by atoms with E-state index in [9.17, 15) is 9.90 Å². The summed E-state index contributed by atoms with van der Waals surface area (Å²) in [5.41, 5.74) is 3.99. The molecule has 11 nitrogen and oxygen atoms in total. The molecule has 0 radical (unpaired) electrons. The highest BCUT2D eigenvalue weighted by Crippen LogP contribution is 2.35. The first kappa shape index (κ1) is 23.3. The van der Waals surface area contributed by atoms with Crippen molar-refractivity contribution in [2.45, 2.75) is 5.16 Å². The van der Waals surface area contributed by atoms with Crippen LogP contribution in [0.25, 0.3) is 33.5 Å². The number of thioether (sulfide) groups is 1. The quantitative estimate of drug-likeness (QED) is 0.215. The second-order valence-corrected chi connectivity index (χ2v) is 8.86. The number of amides is 1. The second kappa shape index (κ2) is 10.0. The molecule has 182 valence electrons. The fourth-order valence-electron chi connectivity index (χ4n) is 3.69. The largest absolute Gasteiger partial charge is 0.507 e. The van der Waals surface area contributed by atoms with Gasteiger partial charge in [-0.05, 0) is 58.5 Å². The number of rotatable bonds is 8. The molecule has 0 unspecified atom stereocenters. The Kier molecular flexibility index (Phi) is 6.50. The van der Waals surface area contributed by atoms with Gasteiger partial charge in [-0.1, -0.05) is 17.8 Å². The van der Waals surface area contributed by atoms with E-state index in [0.717, 1.165) is 16.6 Å². The highest BCUT2D eigenvalue weighted by atomic mass is 32.2. The molecule has 0 aliphatic heterocycles. The van der Waals surface area contributed by atoms with E-state index in [-0.39, 0.29) is 11.7 Å². The molecule has 0 bridgehead atoms. The van der Waals surface area contributed by atoms with Gasteiger partial charge in [0.25, 0.3) is 5.91 Å². The number of aromatic nitrogens is 7. The zero-order chi connectivity index (χ0) is 25.1. The van der Waals surface area contributed by atoms with E-state index < -0.39 is 0 Å². The molecule has 3 heterocycles. The van der Waals surface area contributed by atoms with Crippen molar-refractivity contribution in [2.24, 2.45) is 7.05 Å². The summed E-state index contributed by atoms with van der Waals surface area (Å²) in [5, 5.41) is 25.4. The number of tetrazole rings is 1. The number of phenolic OH excluding ortho intramolecular Hbond substituents is 1. The number of aryl methyl sites for hydroxylation is 1. The number of hydrogen-bond donors (Lipinski definition) is 3. The Labute approximate surface area is 209 Å². The average Bonchev–Trinajstić information content (AvgIpc) is 3.52. The maximum atomic E-state index is 12.6. The van der Waals surface area contributed by atoms with Crippen molar-refractivity contribution in [1.29, 1.82) is 0 Å². The average molecular weight is 503 g/mol. The minimum atomic E-state index is -0.202. The number of carbonyl (C=O) groups excluding carboxylic acids is 1. The maximum absolute atomic E-state index is 12.6. The number of methoxy groups -OCH3 is 1. The number of fused-ring (bicyclic) bond motifs is 1. The number of aromatic hydroxyl groups is 1. The van der Waals surface area contributed by atoms with Crippen molar-refractivity contribution in [2.75, 3.05) is 19.4 Å². The number of ether oxygens (including phenoxy) is 1. The van der Waals surface area contributed by atoms with E-state index in [1.54, 1.807) is 55.4 Å². The number of aromatic amines is 1. The van der Waals surface area contributed by atoms with Gasteiger partial charge in [0, 0.05) is 36.7 Å². The van der Waals surface area contributed by atoms with E-state index in [1.165, 1.54) is 11.8 Å². The van der Waals surface area contributed by atoms with Gasteiger partial charge >= 0.3 is 0 Å². The molecule has 5 rings (SSSR count). The first-order chi connectivity index (χ1) is 17.5.